The summed E-state index contributed by atoms with van der Waals surface area (Å²) in [6.45, 7) is 4.48. The second-order valence-corrected chi connectivity index (χ2v) is 5.73. The molecule has 2 rings (SSSR count). The molecule has 7 heteroatoms. The van der Waals surface area contributed by atoms with Crippen LogP contribution in [0.15, 0.2) is 0 Å². The topological polar surface area (TPSA) is 90.5 Å². The highest BCUT2D eigenvalue weighted by molar-refractivity contribution is 5.98. The molecule has 20 heavy (non-hydrogen) atoms. The first-order chi connectivity index (χ1) is 9.48. The predicted molar refractivity (Wildman–Crippen MR) is 72.9 cm³/mol. The molecule has 7 nitrogen and oxygen atoms in total. The number of carbonyl (C=O) groups is 3. The molecule has 0 spiro atoms. The van der Waals surface area contributed by atoms with E-state index in [-0.39, 0.29) is 30.4 Å². The highest BCUT2D eigenvalue weighted by Gasteiger charge is 2.28. The minimum atomic E-state index is -0.415. The molecule has 0 bridgehead atoms. The summed E-state index contributed by atoms with van der Waals surface area (Å²) in [5.74, 6) is -0.785. The van der Waals surface area contributed by atoms with Gasteiger partial charge in [0.15, 0.2) is 0 Å². The maximum Gasteiger partial charge on any atom is 0.246 e. The monoisotopic (exact) mass is 282 g/mol. The molecule has 0 aromatic rings. The summed E-state index contributed by atoms with van der Waals surface area (Å²) < 4.78 is 0. The Labute approximate surface area is 118 Å². The molecule has 2 heterocycles. The second kappa shape index (κ2) is 6.32. The lowest BCUT2D eigenvalue weighted by atomic mass is 10.0. The minimum Gasteiger partial charge on any atom is -0.333 e. The van der Waals surface area contributed by atoms with Crippen molar-refractivity contribution in [3.8, 4) is 0 Å². The van der Waals surface area contributed by atoms with Gasteiger partial charge in [0.05, 0.1) is 13.1 Å². The van der Waals surface area contributed by atoms with E-state index in [4.69, 9.17) is 0 Å². The van der Waals surface area contributed by atoms with Crippen LogP contribution in [-0.2, 0) is 14.4 Å². The summed E-state index contributed by atoms with van der Waals surface area (Å²) in [4.78, 5) is 36.2. The van der Waals surface area contributed by atoms with E-state index in [1.54, 1.807) is 0 Å². The van der Waals surface area contributed by atoms with Crippen LogP contribution in [0.2, 0.25) is 0 Å². The van der Waals surface area contributed by atoms with Crippen molar-refractivity contribution in [1.29, 1.82) is 0 Å². The van der Waals surface area contributed by atoms with E-state index in [1.165, 1.54) is 4.90 Å². The van der Waals surface area contributed by atoms with Gasteiger partial charge in [0.2, 0.25) is 17.7 Å². The lowest BCUT2D eigenvalue weighted by Crippen LogP contribution is -2.50. The van der Waals surface area contributed by atoms with Gasteiger partial charge in [0, 0.05) is 25.0 Å². The Kier molecular flexibility index (Phi) is 4.72. The van der Waals surface area contributed by atoms with Crippen molar-refractivity contribution in [3.63, 3.8) is 0 Å². The smallest absolute Gasteiger partial charge is 0.246 e. The molecular weight excluding hydrogens is 260 g/mol. The Hall–Kier alpha value is -1.47. The summed E-state index contributed by atoms with van der Waals surface area (Å²) >= 11 is 0. The molecule has 0 aromatic heterocycles. The first-order valence-corrected chi connectivity index (χ1v) is 7.05. The van der Waals surface area contributed by atoms with Gasteiger partial charge in [-0.1, -0.05) is 0 Å². The zero-order valence-corrected chi connectivity index (χ0v) is 11.8. The average Bonchev–Trinajstić information content (AvgIpc) is 2.98. The summed E-state index contributed by atoms with van der Waals surface area (Å²) in [5, 5.41) is 8.70. The lowest BCUT2D eigenvalue weighted by molar-refractivity contribution is -0.136. The van der Waals surface area contributed by atoms with Crippen LogP contribution < -0.4 is 16.0 Å². The van der Waals surface area contributed by atoms with Crippen molar-refractivity contribution in [2.75, 3.05) is 32.7 Å². The number of hydrogen-bond acceptors (Lipinski definition) is 5. The average molecular weight is 282 g/mol. The number of amides is 3. The number of nitrogens with zero attached hydrogens (tertiary/aromatic N) is 1. The van der Waals surface area contributed by atoms with Gasteiger partial charge in [-0.3, -0.25) is 19.7 Å². The molecule has 0 radical (unpaired) electrons. The van der Waals surface area contributed by atoms with Gasteiger partial charge in [-0.25, -0.2) is 0 Å². The van der Waals surface area contributed by atoms with Crippen LogP contribution in [0.25, 0.3) is 0 Å². The molecule has 1 unspecified atom stereocenters. The summed E-state index contributed by atoms with van der Waals surface area (Å²) in [6.07, 6.45) is 2.23. The SMILES string of the molecule is CC1(NCC(=O)NC(=O)CN2CCCC2=O)CCNC1. The Morgan fingerprint density at radius 3 is 2.80 bits per heavy atom. The first-order valence-electron chi connectivity index (χ1n) is 7.05. The Bertz CT molecular complexity index is 404. The molecule has 1 atom stereocenters. The van der Waals surface area contributed by atoms with Gasteiger partial charge in [-0.05, 0) is 26.3 Å². The van der Waals surface area contributed by atoms with Crippen LogP contribution in [0.4, 0.5) is 0 Å². The maximum absolute atomic E-state index is 11.7. The van der Waals surface area contributed by atoms with Crippen LogP contribution in [0.1, 0.15) is 26.2 Å². The molecule has 0 aliphatic carbocycles. The van der Waals surface area contributed by atoms with Crippen LogP contribution in [-0.4, -0.2) is 60.9 Å². The van der Waals surface area contributed by atoms with Crippen molar-refractivity contribution in [1.82, 2.24) is 20.9 Å². The lowest BCUT2D eigenvalue weighted by Gasteiger charge is -2.24. The molecule has 0 aromatic carbocycles. The number of likely N-dealkylation sites (tertiary alicyclic amines) is 1. The van der Waals surface area contributed by atoms with Gasteiger partial charge in [-0.15, -0.1) is 0 Å². The third-order valence-electron chi connectivity index (χ3n) is 3.83. The summed E-state index contributed by atoms with van der Waals surface area (Å²) in [6, 6.07) is 0. The van der Waals surface area contributed by atoms with Crippen molar-refractivity contribution in [2.24, 2.45) is 0 Å². The Morgan fingerprint density at radius 2 is 2.20 bits per heavy atom. The highest BCUT2D eigenvalue weighted by atomic mass is 16.2. The Morgan fingerprint density at radius 1 is 1.40 bits per heavy atom. The van der Waals surface area contributed by atoms with Crippen molar-refractivity contribution < 1.29 is 14.4 Å². The molecule has 2 saturated heterocycles. The van der Waals surface area contributed by atoms with E-state index in [1.807, 2.05) is 6.92 Å². The first kappa shape index (κ1) is 14.9. The largest absolute Gasteiger partial charge is 0.333 e. The van der Waals surface area contributed by atoms with Crippen molar-refractivity contribution in [2.45, 2.75) is 31.7 Å². The van der Waals surface area contributed by atoms with E-state index in [0.717, 1.165) is 25.9 Å². The van der Waals surface area contributed by atoms with Crippen LogP contribution >= 0.6 is 0 Å². The number of hydrogen-bond donors (Lipinski definition) is 3. The van der Waals surface area contributed by atoms with Gasteiger partial charge < -0.3 is 15.5 Å². The van der Waals surface area contributed by atoms with Crippen LogP contribution in [0.5, 0.6) is 0 Å². The van der Waals surface area contributed by atoms with Crippen LogP contribution in [0.3, 0.4) is 0 Å². The van der Waals surface area contributed by atoms with Crippen molar-refractivity contribution >= 4 is 17.7 Å². The number of imide groups is 1. The van der Waals surface area contributed by atoms with Gasteiger partial charge in [-0.2, -0.15) is 0 Å². The maximum atomic E-state index is 11.7. The van der Waals surface area contributed by atoms with Gasteiger partial charge in [0.25, 0.3) is 0 Å². The third kappa shape index (κ3) is 4.01. The number of carbonyl (C=O) groups excluding carboxylic acids is 3. The van der Waals surface area contributed by atoms with Crippen LogP contribution in [0, 0.1) is 0 Å². The van der Waals surface area contributed by atoms with E-state index >= 15 is 0 Å². The van der Waals surface area contributed by atoms with E-state index in [9.17, 15) is 14.4 Å². The zero-order chi connectivity index (χ0) is 14.6. The van der Waals surface area contributed by atoms with Crippen molar-refractivity contribution in [3.05, 3.63) is 0 Å². The zero-order valence-electron chi connectivity index (χ0n) is 11.8. The quantitative estimate of drug-likeness (QED) is 0.576. The molecule has 112 valence electrons. The van der Waals surface area contributed by atoms with E-state index in [2.05, 4.69) is 16.0 Å². The predicted octanol–water partition coefficient (Wildman–Crippen LogP) is -1.41. The molecular formula is C13H22N4O3. The van der Waals surface area contributed by atoms with E-state index < -0.39 is 5.91 Å². The molecule has 2 fully saturated rings. The van der Waals surface area contributed by atoms with Gasteiger partial charge >= 0.3 is 0 Å². The number of nitrogens with one attached hydrogen (secondary N) is 3. The fourth-order valence-corrected chi connectivity index (χ4v) is 2.55. The second-order valence-electron chi connectivity index (χ2n) is 5.73. The molecule has 3 amide bonds. The summed E-state index contributed by atoms with van der Waals surface area (Å²) in [7, 11) is 0. The van der Waals surface area contributed by atoms with Gasteiger partial charge in [0.1, 0.15) is 0 Å². The van der Waals surface area contributed by atoms with E-state index in [0.29, 0.717) is 13.0 Å². The summed E-state index contributed by atoms with van der Waals surface area (Å²) in [5.41, 5.74) is -0.0920. The normalized spacial score (nSPS) is 26.1. The third-order valence-corrected chi connectivity index (χ3v) is 3.83. The Balaban J connectivity index is 1.68. The standard InChI is InChI=1S/C13H22N4O3/c1-13(4-5-14-9-13)15-7-10(18)16-11(19)8-17-6-2-3-12(17)20/h14-15H,2-9H2,1H3,(H,16,18,19). The number of rotatable bonds is 5. The molecule has 2 aliphatic rings. The highest BCUT2D eigenvalue weighted by Crippen LogP contribution is 2.12. The molecule has 0 saturated carbocycles. The minimum absolute atomic E-state index is 0.0183. The molecule has 2 aliphatic heterocycles. The molecule has 3 N–H and O–H groups in total. The fourth-order valence-electron chi connectivity index (χ4n) is 2.55. The fraction of sp³-hybridized carbons (Fsp3) is 0.769.